The van der Waals surface area contributed by atoms with Crippen molar-refractivity contribution in [1.82, 2.24) is 10.6 Å². The van der Waals surface area contributed by atoms with E-state index >= 15 is 0 Å². The molecule has 1 aliphatic rings. The van der Waals surface area contributed by atoms with Crippen LogP contribution in [-0.2, 0) is 14.3 Å². The summed E-state index contributed by atoms with van der Waals surface area (Å²) >= 11 is 0. The minimum absolute atomic E-state index is 0.0484. The van der Waals surface area contributed by atoms with Gasteiger partial charge in [0.2, 0.25) is 6.79 Å². The minimum Gasteiger partial charge on any atom is -0.456 e. The van der Waals surface area contributed by atoms with Gasteiger partial charge in [-0.15, -0.1) is 0 Å². The number of rotatable bonds is 8. The lowest BCUT2D eigenvalue weighted by atomic mass is 10.1. The molecular formula is C21H23N3O6. The number of carbonyl (C=O) groups excluding carboxylic acids is 3. The van der Waals surface area contributed by atoms with Gasteiger partial charge in [-0.05, 0) is 36.8 Å². The second-order valence-corrected chi connectivity index (χ2v) is 6.56. The van der Waals surface area contributed by atoms with E-state index in [-0.39, 0.29) is 25.8 Å². The van der Waals surface area contributed by atoms with Crippen molar-refractivity contribution >= 4 is 23.6 Å². The number of carbonyl (C=O) groups is 3. The standard InChI is InChI=1S/C21H23N3O6/c1-14(15-7-8-17-18(11-15)30-13-29-17)23-19(25)12-28-20(26)9-10-22-21(27)24-16-5-3-2-4-6-16/h2-8,11,14H,9-10,12-13H2,1H3,(H,23,25)(H2,22,24,27)/t14-/m0/s1. The van der Waals surface area contributed by atoms with Crippen LogP contribution >= 0.6 is 0 Å². The Hall–Kier alpha value is -3.75. The highest BCUT2D eigenvalue weighted by Gasteiger charge is 2.17. The van der Waals surface area contributed by atoms with Crippen molar-refractivity contribution in [1.29, 1.82) is 0 Å². The van der Waals surface area contributed by atoms with Crippen molar-refractivity contribution in [3.8, 4) is 11.5 Å². The first-order valence-electron chi connectivity index (χ1n) is 9.45. The zero-order chi connectivity index (χ0) is 21.3. The molecule has 9 heteroatoms. The molecule has 1 heterocycles. The fourth-order valence-electron chi connectivity index (χ4n) is 2.74. The van der Waals surface area contributed by atoms with E-state index in [2.05, 4.69) is 16.0 Å². The number of anilines is 1. The van der Waals surface area contributed by atoms with E-state index in [9.17, 15) is 14.4 Å². The number of fused-ring (bicyclic) bond motifs is 1. The van der Waals surface area contributed by atoms with Crippen LogP contribution in [0.25, 0.3) is 0 Å². The largest absolute Gasteiger partial charge is 0.456 e. The van der Waals surface area contributed by atoms with Crippen LogP contribution < -0.4 is 25.4 Å². The zero-order valence-corrected chi connectivity index (χ0v) is 16.5. The number of urea groups is 1. The van der Waals surface area contributed by atoms with E-state index in [0.717, 1.165) is 5.56 Å². The van der Waals surface area contributed by atoms with E-state index in [4.69, 9.17) is 14.2 Å². The highest BCUT2D eigenvalue weighted by atomic mass is 16.7. The molecule has 30 heavy (non-hydrogen) atoms. The molecule has 0 saturated carbocycles. The molecule has 2 aromatic carbocycles. The third kappa shape index (κ3) is 6.13. The molecular weight excluding hydrogens is 390 g/mol. The predicted octanol–water partition coefficient (Wildman–Crippen LogP) is 2.35. The lowest BCUT2D eigenvalue weighted by Gasteiger charge is -2.15. The SMILES string of the molecule is C[C@H](NC(=O)COC(=O)CCNC(=O)Nc1ccccc1)c1ccc2c(c1)OCO2. The van der Waals surface area contributed by atoms with Crippen LogP contribution in [0.2, 0.25) is 0 Å². The van der Waals surface area contributed by atoms with Crippen LogP contribution in [0.5, 0.6) is 11.5 Å². The molecule has 0 aromatic heterocycles. The molecule has 0 bridgehead atoms. The summed E-state index contributed by atoms with van der Waals surface area (Å²) in [6, 6.07) is 13.6. The summed E-state index contributed by atoms with van der Waals surface area (Å²) in [4.78, 5) is 35.5. The van der Waals surface area contributed by atoms with Gasteiger partial charge in [0.25, 0.3) is 5.91 Å². The van der Waals surface area contributed by atoms with E-state index in [1.54, 1.807) is 36.4 Å². The number of benzene rings is 2. The van der Waals surface area contributed by atoms with Gasteiger partial charge in [-0.1, -0.05) is 24.3 Å². The van der Waals surface area contributed by atoms with Crippen molar-refractivity contribution in [2.75, 3.05) is 25.3 Å². The summed E-state index contributed by atoms with van der Waals surface area (Å²) in [5, 5.41) is 7.94. The van der Waals surface area contributed by atoms with Gasteiger partial charge in [0.05, 0.1) is 12.5 Å². The zero-order valence-electron chi connectivity index (χ0n) is 16.5. The summed E-state index contributed by atoms with van der Waals surface area (Å²) in [5.74, 6) is 0.283. The summed E-state index contributed by atoms with van der Waals surface area (Å²) in [7, 11) is 0. The number of ether oxygens (including phenoxy) is 3. The third-order valence-corrected chi connectivity index (χ3v) is 4.28. The Balaban J connectivity index is 1.32. The Morgan fingerprint density at radius 1 is 1.07 bits per heavy atom. The van der Waals surface area contributed by atoms with E-state index < -0.39 is 24.5 Å². The smallest absolute Gasteiger partial charge is 0.319 e. The highest BCUT2D eigenvalue weighted by Crippen LogP contribution is 2.34. The molecule has 2 aromatic rings. The topological polar surface area (TPSA) is 115 Å². The summed E-state index contributed by atoms with van der Waals surface area (Å²) in [6.07, 6.45) is -0.0484. The van der Waals surface area contributed by atoms with Crippen LogP contribution in [0.4, 0.5) is 10.5 Å². The Bertz CT molecular complexity index is 903. The van der Waals surface area contributed by atoms with Gasteiger partial charge < -0.3 is 30.2 Å². The number of nitrogens with one attached hydrogen (secondary N) is 3. The summed E-state index contributed by atoms with van der Waals surface area (Å²) in [5.41, 5.74) is 1.48. The average molecular weight is 413 g/mol. The fraction of sp³-hybridized carbons (Fsp3) is 0.286. The molecule has 0 aliphatic carbocycles. The lowest BCUT2D eigenvalue weighted by Crippen LogP contribution is -2.33. The van der Waals surface area contributed by atoms with Crippen LogP contribution in [-0.4, -0.2) is 37.9 Å². The Morgan fingerprint density at radius 2 is 1.83 bits per heavy atom. The fourth-order valence-corrected chi connectivity index (χ4v) is 2.74. The van der Waals surface area contributed by atoms with Gasteiger partial charge >= 0.3 is 12.0 Å². The maximum Gasteiger partial charge on any atom is 0.319 e. The molecule has 9 nitrogen and oxygen atoms in total. The Morgan fingerprint density at radius 3 is 2.63 bits per heavy atom. The van der Waals surface area contributed by atoms with Gasteiger partial charge in [0.1, 0.15) is 0 Å². The molecule has 1 aliphatic heterocycles. The van der Waals surface area contributed by atoms with Crippen molar-refractivity contribution in [2.24, 2.45) is 0 Å². The van der Waals surface area contributed by atoms with Gasteiger partial charge in [-0.2, -0.15) is 0 Å². The first kappa shape index (κ1) is 21.0. The number of para-hydroxylation sites is 1. The number of hydrogen-bond donors (Lipinski definition) is 3. The molecule has 0 spiro atoms. The monoisotopic (exact) mass is 413 g/mol. The van der Waals surface area contributed by atoms with Crippen LogP contribution in [0.15, 0.2) is 48.5 Å². The van der Waals surface area contributed by atoms with E-state index in [1.165, 1.54) is 0 Å². The minimum atomic E-state index is -0.583. The lowest BCUT2D eigenvalue weighted by molar-refractivity contribution is -0.148. The molecule has 0 fully saturated rings. The van der Waals surface area contributed by atoms with Gasteiger partial charge in [0, 0.05) is 12.2 Å². The Labute approximate surface area is 173 Å². The Kier molecular flexibility index (Phi) is 7.09. The van der Waals surface area contributed by atoms with Gasteiger partial charge in [-0.3, -0.25) is 9.59 Å². The first-order chi connectivity index (χ1) is 14.5. The first-order valence-corrected chi connectivity index (χ1v) is 9.45. The summed E-state index contributed by atoms with van der Waals surface area (Å²) < 4.78 is 15.5. The maximum absolute atomic E-state index is 12.0. The maximum atomic E-state index is 12.0. The van der Waals surface area contributed by atoms with Crippen molar-refractivity contribution in [2.45, 2.75) is 19.4 Å². The third-order valence-electron chi connectivity index (χ3n) is 4.28. The molecule has 3 N–H and O–H groups in total. The molecule has 158 valence electrons. The molecule has 3 amide bonds. The second-order valence-electron chi connectivity index (χ2n) is 6.56. The molecule has 0 saturated heterocycles. The quantitative estimate of drug-likeness (QED) is 0.573. The van der Waals surface area contributed by atoms with Crippen molar-refractivity contribution < 1.29 is 28.6 Å². The number of amides is 3. The van der Waals surface area contributed by atoms with Crippen LogP contribution in [0.3, 0.4) is 0 Å². The average Bonchev–Trinajstić information content (AvgIpc) is 3.21. The van der Waals surface area contributed by atoms with Crippen molar-refractivity contribution in [3.05, 3.63) is 54.1 Å². The van der Waals surface area contributed by atoms with E-state index in [1.807, 2.05) is 19.1 Å². The van der Waals surface area contributed by atoms with E-state index in [0.29, 0.717) is 17.2 Å². The van der Waals surface area contributed by atoms with Crippen LogP contribution in [0.1, 0.15) is 24.9 Å². The summed E-state index contributed by atoms with van der Waals surface area (Å²) in [6.45, 7) is 1.68. The van der Waals surface area contributed by atoms with Gasteiger partial charge in [0.15, 0.2) is 18.1 Å². The second kappa shape index (κ2) is 10.1. The molecule has 0 radical (unpaired) electrons. The highest BCUT2D eigenvalue weighted by molar-refractivity contribution is 5.89. The molecule has 1 atom stereocenters. The predicted molar refractivity (Wildman–Crippen MR) is 108 cm³/mol. The molecule has 3 rings (SSSR count). The number of esters is 1. The number of hydrogen-bond acceptors (Lipinski definition) is 6. The van der Waals surface area contributed by atoms with Crippen LogP contribution in [0, 0.1) is 0 Å². The van der Waals surface area contributed by atoms with Gasteiger partial charge in [-0.25, -0.2) is 4.79 Å². The normalized spacial score (nSPS) is 12.6. The van der Waals surface area contributed by atoms with Crippen molar-refractivity contribution in [3.63, 3.8) is 0 Å². The molecule has 0 unspecified atom stereocenters.